The number of aromatic nitrogens is 1. The maximum absolute atomic E-state index is 14.2. The van der Waals surface area contributed by atoms with Gasteiger partial charge in [-0.3, -0.25) is 4.98 Å². The van der Waals surface area contributed by atoms with Gasteiger partial charge < -0.3 is 4.74 Å². The van der Waals surface area contributed by atoms with Gasteiger partial charge in [0.25, 0.3) is 0 Å². The van der Waals surface area contributed by atoms with Crippen LogP contribution in [0.5, 0.6) is 5.75 Å². The first-order valence-corrected chi connectivity index (χ1v) is 8.37. The third-order valence-electron chi connectivity index (χ3n) is 4.05. The van der Waals surface area contributed by atoms with Gasteiger partial charge in [0.2, 0.25) is 0 Å². The number of hydrogen-bond acceptors (Lipinski definition) is 2. The Labute approximate surface area is 148 Å². The molecule has 0 aliphatic rings. The lowest BCUT2D eigenvalue weighted by Gasteiger charge is -2.20. The van der Waals surface area contributed by atoms with Crippen LogP contribution in [0, 0.1) is 5.82 Å². The smallest absolute Gasteiger partial charge is 0.130 e. The molecule has 0 saturated heterocycles. The summed E-state index contributed by atoms with van der Waals surface area (Å²) in [5, 5.41) is 0. The second-order valence-electron chi connectivity index (χ2n) is 7.10. The molecular formula is C22H22FNO. The molecule has 0 fully saturated rings. The molecule has 1 heterocycles. The molecular weight excluding hydrogens is 313 g/mol. The Hall–Kier alpha value is -2.68. The maximum atomic E-state index is 14.2. The fourth-order valence-electron chi connectivity index (χ4n) is 2.65. The Morgan fingerprint density at radius 3 is 2.32 bits per heavy atom. The topological polar surface area (TPSA) is 22.1 Å². The zero-order valence-corrected chi connectivity index (χ0v) is 14.8. The van der Waals surface area contributed by atoms with Gasteiger partial charge in [-0.05, 0) is 23.1 Å². The van der Waals surface area contributed by atoms with Crippen molar-refractivity contribution in [3.8, 4) is 17.0 Å². The van der Waals surface area contributed by atoms with Crippen LogP contribution in [0.1, 0.15) is 31.9 Å². The molecule has 25 heavy (non-hydrogen) atoms. The summed E-state index contributed by atoms with van der Waals surface area (Å²) >= 11 is 0. The third kappa shape index (κ3) is 4.24. The van der Waals surface area contributed by atoms with Crippen LogP contribution in [-0.2, 0) is 12.0 Å². The van der Waals surface area contributed by atoms with Crippen molar-refractivity contribution in [3.63, 3.8) is 0 Å². The van der Waals surface area contributed by atoms with Crippen molar-refractivity contribution in [1.29, 1.82) is 0 Å². The van der Waals surface area contributed by atoms with Crippen LogP contribution in [0.25, 0.3) is 11.3 Å². The van der Waals surface area contributed by atoms with Crippen molar-refractivity contribution in [2.75, 3.05) is 0 Å². The summed E-state index contributed by atoms with van der Waals surface area (Å²) in [5.41, 5.74) is 3.41. The largest absolute Gasteiger partial charge is 0.489 e. The highest BCUT2D eigenvalue weighted by atomic mass is 19.1. The molecule has 0 bridgehead atoms. The van der Waals surface area contributed by atoms with Crippen molar-refractivity contribution >= 4 is 0 Å². The molecule has 2 nitrogen and oxygen atoms in total. The molecule has 3 heteroatoms. The van der Waals surface area contributed by atoms with Crippen LogP contribution in [0.3, 0.4) is 0 Å². The molecule has 0 amide bonds. The van der Waals surface area contributed by atoms with Gasteiger partial charge in [-0.25, -0.2) is 4.39 Å². The molecule has 128 valence electrons. The molecule has 0 N–H and O–H groups in total. The standard InChI is InChI=1S/C22H22FNO/c1-22(2,3)19-11-10-18(13-20(19)23)25-15-16-9-12-21(24-14-16)17-7-5-4-6-8-17/h4-14H,15H2,1-3H3. The number of hydrogen-bond donors (Lipinski definition) is 0. The number of halogens is 1. The number of benzene rings is 2. The van der Waals surface area contributed by atoms with E-state index in [2.05, 4.69) is 4.98 Å². The number of nitrogens with zero attached hydrogens (tertiary/aromatic N) is 1. The summed E-state index contributed by atoms with van der Waals surface area (Å²) in [4.78, 5) is 4.47. The first-order valence-electron chi connectivity index (χ1n) is 8.37. The monoisotopic (exact) mass is 335 g/mol. The lowest BCUT2D eigenvalue weighted by Crippen LogP contribution is -2.13. The van der Waals surface area contributed by atoms with Crippen molar-refractivity contribution < 1.29 is 9.13 Å². The highest BCUT2D eigenvalue weighted by Crippen LogP contribution is 2.28. The van der Waals surface area contributed by atoms with E-state index in [1.54, 1.807) is 12.3 Å². The van der Waals surface area contributed by atoms with E-state index < -0.39 is 0 Å². The maximum Gasteiger partial charge on any atom is 0.130 e. The predicted octanol–water partition coefficient (Wildman–Crippen LogP) is 5.76. The van der Waals surface area contributed by atoms with E-state index in [4.69, 9.17) is 4.74 Å². The Kier molecular flexibility index (Phi) is 4.84. The Morgan fingerprint density at radius 2 is 1.72 bits per heavy atom. The fraction of sp³-hybridized carbons (Fsp3) is 0.227. The molecule has 1 aromatic heterocycles. The third-order valence-corrected chi connectivity index (χ3v) is 4.05. The molecule has 0 aliphatic heterocycles. The van der Waals surface area contributed by atoms with E-state index in [-0.39, 0.29) is 11.2 Å². The van der Waals surface area contributed by atoms with E-state index in [0.29, 0.717) is 17.9 Å². The van der Waals surface area contributed by atoms with E-state index in [1.807, 2.05) is 69.3 Å². The average Bonchev–Trinajstić information content (AvgIpc) is 2.60. The van der Waals surface area contributed by atoms with Gasteiger partial charge in [-0.2, -0.15) is 0 Å². The lowest BCUT2D eigenvalue weighted by molar-refractivity contribution is 0.303. The molecule has 3 aromatic rings. The van der Waals surface area contributed by atoms with E-state index in [1.165, 1.54) is 6.07 Å². The summed E-state index contributed by atoms with van der Waals surface area (Å²) in [7, 11) is 0. The highest BCUT2D eigenvalue weighted by Gasteiger charge is 2.18. The van der Waals surface area contributed by atoms with Crippen LogP contribution in [-0.4, -0.2) is 4.98 Å². The number of pyridine rings is 1. The minimum atomic E-state index is -0.234. The second kappa shape index (κ2) is 7.06. The van der Waals surface area contributed by atoms with E-state index in [9.17, 15) is 4.39 Å². The molecule has 0 radical (unpaired) electrons. The highest BCUT2D eigenvalue weighted by molar-refractivity contribution is 5.58. The summed E-state index contributed by atoms with van der Waals surface area (Å²) in [6.45, 7) is 6.33. The van der Waals surface area contributed by atoms with Crippen LogP contribution in [0.15, 0.2) is 66.9 Å². The summed E-state index contributed by atoms with van der Waals surface area (Å²) in [6, 6.07) is 19.0. The van der Waals surface area contributed by atoms with Gasteiger partial charge in [0.15, 0.2) is 0 Å². The second-order valence-corrected chi connectivity index (χ2v) is 7.10. The zero-order chi connectivity index (χ0) is 17.9. The van der Waals surface area contributed by atoms with Crippen LogP contribution >= 0.6 is 0 Å². The number of rotatable bonds is 4. The first-order chi connectivity index (χ1) is 11.9. The van der Waals surface area contributed by atoms with Crippen LogP contribution in [0.4, 0.5) is 4.39 Å². The molecule has 0 atom stereocenters. The van der Waals surface area contributed by atoms with Crippen LogP contribution in [0.2, 0.25) is 0 Å². The SMILES string of the molecule is CC(C)(C)c1ccc(OCc2ccc(-c3ccccc3)nc2)cc1F. The van der Waals surface area contributed by atoms with Crippen molar-refractivity contribution in [2.45, 2.75) is 32.8 Å². The zero-order valence-electron chi connectivity index (χ0n) is 14.8. The van der Waals surface area contributed by atoms with Gasteiger partial charge >= 0.3 is 0 Å². The van der Waals surface area contributed by atoms with Gasteiger partial charge in [-0.15, -0.1) is 0 Å². The Morgan fingerprint density at radius 1 is 0.960 bits per heavy atom. The molecule has 0 saturated carbocycles. The first kappa shape index (κ1) is 17.2. The molecule has 2 aromatic carbocycles. The summed E-state index contributed by atoms with van der Waals surface area (Å²) in [6.07, 6.45) is 1.79. The molecule has 0 spiro atoms. The van der Waals surface area contributed by atoms with Crippen molar-refractivity contribution in [1.82, 2.24) is 4.98 Å². The minimum Gasteiger partial charge on any atom is -0.489 e. The Balaban J connectivity index is 1.67. The van der Waals surface area contributed by atoms with Gasteiger partial charge in [0.05, 0.1) is 5.69 Å². The van der Waals surface area contributed by atoms with Crippen molar-refractivity contribution in [2.24, 2.45) is 0 Å². The summed E-state index contributed by atoms with van der Waals surface area (Å²) < 4.78 is 19.9. The molecule has 0 unspecified atom stereocenters. The number of ether oxygens (including phenoxy) is 1. The minimum absolute atomic E-state index is 0.222. The molecule has 3 rings (SSSR count). The Bertz CT molecular complexity index is 836. The average molecular weight is 335 g/mol. The van der Waals surface area contributed by atoms with Gasteiger partial charge in [0.1, 0.15) is 18.2 Å². The van der Waals surface area contributed by atoms with Crippen LogP contribution < -0.4 is 4.74 Å². The van der Waals surface area contributed by atoms with Crippen molar-refractivity contribution in [3.05, 3.63) is 83.8 Å². The van der Waals surface area contributed by atoms with E-state index >= 15 is 0 Å². The van der Waals surface area contributed by atoms with E-state index in [0.717, 1.165) is 16.8 Å². The van der Waals surface area contributed by atoms with Gasteiger partial charge in [-0.1, -0.05) is 63.2 Å². The van der Waals surface area contributed by atoms with Gasteiger partial charge in [0, 0.05) is 23.4 Å². The quantitative estimate of drug-likeness (QED) is 0.604. The normalized spacial score (nSPS) is 11.4. The summed E-state index contributed by atoms with van der Waals surface area (Å²) in [5.74, 6) is 0.292. The predicted molar refractivity (Wildman–Crippen MR) is 99.1 cm³/mol. The fourth-order valence-corrected chi connectivity index (χ4v) is 2.65. The lowest BCUT2D eigenvalue weighted by atomic mass is 9.87. The molecule has 0 aliphatic carbocycles.